The van der Waals surface area contributed by atoms with Crippen molar-refractivity contribution in [3.05, 3.63) is 29.8 Å². The predicted octanol–water partition coefficient (Wildman–Crippen LogP) is 3.23. The van der Waals surface area contributed by atoms with Gasteiger partial charge in [-0.15, -0.1) is 0 Å². The second-order valence-corrected chi connectivity index (χ2v) is 7.91. The van der Waals surface area contributed by atoms with E-state index in [-0.39, 0.29) is 17.5 Å². The smallest absolute Gasteiger partial charge is 0.315 e. The highest BCUT2D eigenvalue weighted by atomic mass is 16.5. The van der Waals surface area contributed by atoms with E-state index in [0.717, 1.165) is 31.1 Å². The maximum atomic E-state index is 12.3. The largest absolute Gasteiger partial charge is 0.497 e. The number of benzene rings is 1. The van der Waals surface area contributed by atoms with E-state index in [2.05, 4.69) is 36.6 Å². The number of hydrogen-bond donors (Lipinski definition) is 2. The number of hydrogen-bond acceptors (Lipinski definition) is 3. The summed E-state index contributed by atoms with van der Waals surface area (Å²) in [5.41, 5.74) is 1.03. The summed E-state index contributed by atoms with van der Waals surface area (Å²) >= 11 is 0. The number of methoxy groups -OCH3 is 1. The van der Waals surface area contributed by atoms with Crippen molar-refractivity contribution < 1.29 is 14.3 Å². The van der Waals surface area contributed by atoms with Crippen LogP contribution in [0, 0.1) is 5.92 Å². The van der Waals surface area contributed by atoms with E-state index in [1.807, 2.05) is 12.1 Å². The maximum absolute atomic E-state index is 12.3. The van der Waals surface area contributed by atoms with E-state index < -0.39 is 0 Å². The van der Waals surface area contributed by atoms with E-state index in [4.69, 9.17) is 9.47 Å². The second kappa shape index (κ2) is 7.65. The molecule has 0 radical (unpaired) electrons. The topological polar surface area (TPSA) is 59.6 Å². The van der Waals surface area contributed by atoms with Crippen molar-refractivity contribution in [3.8, 4) is 5.75 Å². The van der Waals surface area contributed by atoms with Gasteiger partial charge in [-0.2, -0.15) is 0 Å². The molecule has 1 aromatic carbocycles. The highest BCUT2D eigenvalue weighted by Gasteiger charge is 2.36. The highest BCUT2D eigenvalue weighted by molar-refractivity contribution is 5.74. The van der Waals surface area contributed by atoms with Gasteiger partial charge in [-0.05, 0) is 49.3 Å². The van der Waals surface area contributed by atoms with Crippen LogP contribution in [0.3, 0.4) is 0 Å². The SMILES string of the molecule is COc1ccc(C(C)(C)CNC(=O)N[C@H]2CCO[C@@H](C3CC3)C2)cc1. The fourth-order valence-corrected chi connectivity index (χ4v) is 3.44. The molecule has 5 nitrogen and oxygen atoms in total. The van der Waals surface area contributed by atoms with E-state index >= 15 is 0 Å². The Morgan fingerprint density at radius 2 is 1.96 bits per heavy atom. The van der Waals surface area contributed by atoms with Gasteiger partial charge in [-0.3, -0.25) is 0 Å². The summed E-state index contributed by atoms with van der Waals surface area (Å²) < 4.78 is 11.0. The van der Waals surface area contributed by atoms with Crippen LogP contribution in [0.15, 0.2) is 24.3 Å². The lowest BCUT2D eigenvalue weighted by atomic mass is 9.84. The van der Waals surface area contributed by atoms with Crippen molar-refractivity contribution in [2.75, 3.05) is 20.3 Å². The van der Waals surface area contributed by atoms with Crippen LogP contribution in [-0.4, -0.2) is 38.4 Å². The van der Waals surface area contributed by atoms with E-state index in [1.165, 1.54) is 18.4 Å². The zero-order valence-electron chi connectivity index (χ0n) is 15.5. The molecular formula is C20H30N2O3. The van der Waals surface area contributed by atoms with Crippen LogP contribution in [0.4, 0.5) is 4.79 Å². The molecule has 0 spiro atoms. The average Bonchev–Trinajstić information content (AvgIpc) is 3.46. The van der Waals surface area contributed by atoms with Crippen LogP contribution in [0.25, 0.3) is 0 Å². The van der Waals surface area contributed by atoms with E-state index in [1.54, 1.807) is 7.11 Å². The van der Waals surface area contributed by atoms with E-state index in [0.29, 0.717) is 12.6 Å². The first-order valence-electron chi connectivity index (χ1n) is 9.28. The Balaban J connectivity index is 1.47. The molecular weight excluding hydrogens is 316 g/mol. The number of urea groups is 1. The van der Waals surface area contributed by atoms with Gasteiger partial charge in [-0.1, -0.05) is 26.0 Å². The Hall–Kier alpha value is -1.75. The molecule has 1 aromatic rings. The molecule has 25 heavy (non-hydrogen) atoms. The monoisotopic (exact) mass is 346 g/mol. The van der Waals surface area contributed by atoms with Gasteiger partial charge in [0.05, 0.1) is 13.2 Å². The maximum Gasteiger partial charge on any atom is 0.315 e. The minimum atomic E-state index is -0.143. The minimum absolute atomic E-state index is 0.0805. The Morgan fingerprint density at radius 1 is 1.24 bits per heavy atom. The van der Waals surface area contributed by atoms with Crippen molar-refractivity contribution in [2.24, 2.45) is 5.92 Å². The molecule has 1 aliphatic heterocycles. The first kappa shape index (κ1) is 18.1. The van der Waals surface area contributed by atoms with Gasteiger partial charge in [0.2, 0.25) is 0 Å². The number of ether oxygens (including phenoxy) is 2. The van der Waals surface area contributed by atoms with Crippen molar-refractivity contribution in [2.45, 2.75) is 57.1 Å². The second-order valence-electron chi connectivity index (χ2n) is 7.91. The molecule has 1 saturated heterocycles. The molecule has 5 heteroatoms. The van der Waals surface area contributed by atoms with Gasteiger partial charge in [-0.25, -0.2) is 4.79 Å². The normalized spacial score (nSPS) is 23.8. The van der Waals surface area contributed by atoms with Crippen LogP contribution >= 0.6 is 0 Å². The van der Waals surface area contributed by atoms with Crippen molar-refractivity contribution >= 4 is 6.03 Å². The molecule has 0 aromatic heterocycles. The zero-order valence-corrected chi connectivity index (χ0v) is 15.5. The molecule has 1 aliphatic carbocycles. The van der Waals surface area contributed by atoms with Crippen molar-refractivity contribution in [1.82, 2.24) is 10.6 Å². The van der Waals surface area contributed by atoms with Gasteiger partial charge < -0.3 is 20.1 Å². The summed E-state index contributed by atoms with van der Waals surface area (Å²) in [5.74, 6) is 1.57. The summed E-state index contributed by atoms with van der Waals surface area (Å²) in [5, 5.41) is 6.16. The highest BCUT2D eigenvalue weighted by Crippen LogP contribution is 2.38. The first-order valence-corrected chi connectivity index (χ1v) is 9.28. The number of amides is 2. The quantitative estimate of drug-likeness (QED) is 0.831. The third kappa shape index (κ3) is 4.88. The van der Waals surface area contributed by atoms with Crippen LogP contribution < -0.4 is 15.4 Å². The summed E-state index contributed by atoms with van der Waals surface area (Å²) in [7, 11) is 1.66. The summed E-state index contributed by atoms with van der Waals surface area (Å²) in [6, 6.07) is 8.16. The zero-order chi connectivity index (χ0) is 17.9. The fraction of sp³-hybridized carbons (Fsp3) is 0.650. The van der Waals surface area contributed by atoms with Crippen LogP contribution in [0.2, 0.25) is 0 Å². The Kier molecular flexibility index (Phi) is 5.52. The lowest BCUT2D eigenvalue weighted by Gasteiger charge is -2.31. The Bertz CT molecular complexity index is 581. The van der Waals surface area contributed by atoms with Crippen LogP contribution in [0.5, 0.6) is 5.75 Å². The summed E-state index contributed by atoms with van der Waals surface area (Å²) in [6.45, 7) is 5.60. The van der Waals surface area contributed by atoms with Gasteiger partial charge in [0.1, 0.15) is 5.75 Å². The molecule has 2 atom stereocenters. The number of carbonyl (C=O) groups excluding carboxylic acids is 1. The Morgan fingerprint density at radius 3 is 2.60 bits per heavy atom. The Labute approximate surface area is 150 Å². The molecule has 0 bridgehead atoms. The van der Waals surface area contributed by atoms with Gasteiger partial charge in [0.15, 0.2) is 0 Å². The molecule has 0 unspecified atom stereocenters. The lowest BCUT2D eigenvalue weighted by molar-refractivity contribution is -0.00915. The molecule has 2 aliphatic rings. The lowest BCUT2D eigenvalue weighted by Crippen LogP contribution is -2.49. The minimum Gasteiger partial charge on any atom is -0.497 e. The first-order chi connectivity index (χ1) is 12.0. The molecule has 2 fully saturated rings. The van der Waals surface area contributed by atoms with E-state index in [9.17, 15) is 4.79 Å². The average molecular weight is 346 g/mol. The molecule has 1 heterocycles. The number of carbonyl (C=O) groups is 1. The fourth-order valence-electron chi connectivity index (χ4n) is 3.44. The standard InChI is InChI=1S/C20H30N2O3/c1-20(2,15-6-8-17(24-3)9-7-15)13-21-19(23)22-16-10-11-25-18(12-16)14-4-5-14/h6-9,14,16,18H,4-5,10-13H2,1-3H3,(H2,21,22,23)/t16-,18+/m0/s1. The molecule has 2 amide bonds. The third-order valence-corrected chi connectivity index (χ3v) is 5.36. The molecule has 3 rings (SSSR count). The van der Waals surface area contributed by atoms with Crippen LogP contribution in [0.1, 0.15) is 45.1 Å². The third-order valence-electron chi connectivity index (χ3n) is 5.36. The van der Waals surface area contributed by atoms with Crippen LogP contribution in [-0.2, 0) is 10.2 Å². The number of rotatable bonds is 6. The molecule has 138 valence electrons. The predicted molar refractivity (Wildman–Crippen MR) is 98.0 cm³/mol. The summed E-state index contributed by atoms with van der Waals surface area (Å²) in [4.78, 5) is 12.3. The summed E-state index contributed by atoms with van der Waals surface area (Å²) in [6.07, 6.45) is 4.74. The van der Waals surface area contributed by atoms with Crippen molar-refractivity contribution in [1.29, 1.82) is 0 Å². The molecule has 1 saturated carbocycles. The van der Waals surface area contributed by atoms with Gasteiger partial charge in [0, 0.05) is 24.6 Å². The van der Waals surface area contributed by atoms with Gasteiger partial charge >= 0.3 is 6.03 Å². The molecule has 2 N–H and O–H groups in total. The van der Waals surface area contributed by atoms with Crippen molar-refractivity contribution in [3.63, 3.8) is 0 Å². The van der Waals surface area contributed by atoms with Gasteiger partial charge in [0.25, 0.3) is 0 Å². The number of nitrogens with one attached hydrogen (secondary N) is 2.